The molecule has 0 rings (SSSR count). The molecule has 0 aromatic carbocycles. The van der Waals surface area contributed by atoms with E-state index in [-0.39, 0.29) is 0 Å². The van der Waals surface area contributed by atoms with Gasteiger partial charge >= 0.3 is 0 Å². The summed E-state index contributed by atoms with van der Waals surface area (Å²) in [6.07, 6.45) is 1.33. The Morgan fingerprint density at radius 1 is 1.33 bits per heavy atom. The van der Waals surface area contributed by atoms with Crippen LogP contribution in [0.1, 0.15) is 27.2 Å². The molecule has 3 heteroatoms. The number of hydrogen-bond donors (Lipinski definition) is 1. The van der Waals surface area contributed by atoms with E-state index in [9.17, 15) is 0 Å². The highest BCUT2D eigenvalue weighted by molar-refractivity contribution is 7.99. The lowest BCUT2D eigenvalue weighted by Crippen LogP contribution is -2.29. The van der Waals surface area contributed by atoms with E-state index in [1.54, 1.807) is 7.11 Å². The Labute approximate surface area is 99.5 Å². The minimum atomic E-state index is 0.775. The van der Waals surface area contributed by atoms with E-state index in [0.29, 0.717) is 0 Å². The Hall–Kier alpha value is 0.270. The summed E-state index contributed by atoms with van der Waals surface area (Å²) < 4.78 is 5.02. The van der Waals surface area contributed by atoms with Crippen LogP contribution >= 0.6 is 11.8 Å². The van der Waals surface area contributed by atoms with Crippen molar-refractivity contribution < 1.29 is 4.74 Å². The van der Waals surface area contributed by atoms with Crippen molar-refractivity contribution in [2.45, 2.75) is 27.2 Å². The van der Waals surface area contributed by atoms with Gasteiger partial charge in [0.15, 0.2) is 0 Å². The molecule has 0 aromatic heterocycles. The van der Waals surface area contributed by atoms with Crippen molar-refractivity contribution in [3.8, 4) is 0 Å². The first-order valence-electron chi connectivity index (χ1n) is 5.99. The Balaban J connectivity index is 3.54. The van der Waals surface area contributed by atoms with E-state index in [0.717, 1.165) is 31.5 Å². The quantitative estimate of drug-likeness (QED) is 0.586. The van der Waals surface area contributed by atoms with Crippen LogP contribution in [-0.2, 0) is 4.74 Å². The van der Waals surface area contributed by atoms with E-state index < -0.39 is 0 Å². The monoisotopic (exact) mass is 233 g/mol. The third kappa shape index (κ3) is 9.21. The summed E-state index contributed by atoms with van der Waals surface area (Å²) in [6.45, 7) is 9.78. The molecule has 0 saturated heterocycles. The molecule has 1 N–H and O–H groups in total. The van der Waals surface area contributed by atoms with Crippen LogP contribution in [0.3, 0.4) is 0 Å². The lowest BCUT2D eigenvalue weighted by Gasteiger charge is -2.21. The summed E-state index contributed by atoms with van der Waals surface area (Å²) in [6, 6.07) is 0. The fourth-order valence-corrected chi connectivity index (χ4v) is 2.27. The maximum atomic E-state index is 5.02. The summed E-state index contributed by atoms with van der Waals surface area (Å²) in [5.41, 5.74) is 0. The first-order valence-corrected chi connectivity index (χ1v) is 7.15. The fraction of sp³-hybridized carbons (Fsp3) is 1.00. The van der Waals surface area contributed by atoms with Gasteiger partial charge in [-0.2, -0.15) is 11.8 Å². The first-order chi connectivity index (χ1) is 7.22. The predicted octanol–water partition coefficient (Wildman–Crippen LogP) is 2.64. The number of nitrogens with one attached hydrogen (secondary N) is 1. The smallest absolute Gasteiger partial charge is 0.0587 e. The second-order valence-electron chi connectivity index (χ2n) is 4.19. The molecule has 0 saturated carbocycles. The number of thioether (sulfide) groups is 1. The number of hydrogen-bond acceptors (Lipinski definition) is 3. The normalized spacial score (nSPS) is 13.4. The SMILES string of the molecule is CCSCCC(CNCCOC)C(C)C. The molecule has 0 aliphatic carbocycles. The summed E-state index contributed by atoms with van der Waals surface area (Å²) in [5, 5.41) is 3.46. The van der Waals surface area contributed by atoms with Crippen molar-refractivity contribution >= 4 is 11.8 Å². The Morgan fingerprint density at radius 2 is 2.07 bits per heavy atom. The third-order valence-electron chi connectivity index (χ3n) is 2.67. The van der Waals surface area contributed by atoms with Crippen molar-refractivity contribution in [2.24, 2.45) is 11.8 Å². The van der Waals surface area contributed by atoms with Gasteiger partial charge in [-0.1, -0.05) is 20.8 Å². The molecule has 15 heavy (non-hydrogen) atoms. The van der Waals surface area contributed by atoms with Crippen LogP contribution in [0.2, 0.25) is 0 Å². The number of rotatable bonds is 10. The largest absolute Gasteiger partial charge is 0.383 e. The van der Waals surface area contributed by atoms with Gasteiger partial charge in [0.25, 0.3) is 0 Å². The molecule has 0 aliphatic heterocycles. The predicted molar refractivity (Wildman–Crippen MR) is 70.7 cm³/mol. The van der Waals surface area contributed by atoms with Crippen LogP contribution < -0.4 is 5.32 Å². The van der Waals surface area contributed by atoms with Crippen LogP contribution in [0.5, 0.6) is 0 Å². The average molecular weight is 233 g/mol. The van der Waals surface area contributed by atoms with Crippen LogP contribution in [0.25, 0.3) is 0 Å². The van der Waals surface area contributed by atoms with Gasteiger partial charge in [-0.15, -0.1) is 0 Å². The molecule has 0 aromatic rings. The molecule has 0 aliphatic rings. The van der Waals surface area contributed by atoms with Crippen LogP contribution in [-0.4, -0.2) is 38.3 Å². The second-order valence-corrected chi connectivity index (χ2v) is 5.58. The molecule has 1 atom stereocenters. The topological polar surface area (TPSA) is 21.3 Å². The highest BCUT2D eigenvalue weighted by Gasteiger charge is 2.12. The molecular weight excluding hydrogens is 206 g/mol. The van der Waals surface area contributed by atoms with Crippen molar-refractivity contribution in [1.82, 2.24) is 5.32 Å². The average Bonchev–Trinajstić information content (AvgIpc) is 2.21. The molecule has 0 fully saturated rings. The van der Waals surface area contributed by atoms with Gasteiger partial charge in [-0.25, -0.2) is 0 Å². The van der Waals surface area contributed by atoms with E-state index in [4.69, 9.17) is 4.74 Å². The van der Waals surface area contributed by atoms with Crippen molar-refractivity contribution in [3.63, 3.8) is 0 Å². The van der Waals surface area contributed by atoms with Crippen LogP contribution in [0.4, 0.5) is 0 Å². The summed E-state index contributed by atoms with van der Waals surface area (Å²) in [5.74, 6) is 4.12. The molecule has 92 valence electrons. The summed E-state index contributed by atoms with van der Waals surface area (Å²) in [4.78, 5) is 0. The maximum absolute atomic E-state index is 5.02. The molecular formula is C12H27NOS. The zero-order valence-corrected chi connectivity index (χ0v) is 11.5. The number of ether oxygens (including phenoxy) is 1. The fourth-order valence-electron chi connectivity index (χ4n) is 1.51. The molecule has 1 unspecified atom stereocenters. The lowest BCUT2D eigenvalue weighted by atomic mass is 9.93. The van der Waals surface area contributed by atoms with Gasteiger partial charge in [-0.3, -0.25) is 0 Å². The third-order valence-corrected chi connectivity index (χ3v) is 3.60. The zero-order valence-electron chi connectivity index (χ0n) is 10.7. The molecule has 0 radical (unpaired) electrons. The van der Waals surface area contributed by atoms with Crippen LogP contribution in [0, 0.1) is 11.8 Å². The lowest BCUT2D eigenvalue weighted by molar-refractivity contribution is 0.196. The van der Waals surface area contributed by atoms with Gasteiger partial charge in [0.05, 0.1) is 6.61 Å². The van der Waals surface area contributed by atoms with Gasteiger partial charge in [0.1, 0.15) is 0 Å². The molecule has 2 nitrogen and oxygen atoms in total. The minimum Gasteiger partial charge on any atom is -0.383 e. The highest BCUT2D eigenvalue weighted by atomic mass is 32.2. The highest BCUT2D eigenvalue weighted by Crippen LogP contribution is 2.17. The minimum absolute atomic E-state index is 0.775. The van der Waals surface area contributed by atoms with Gasteiger partial charge < -0.3 is 10.1 Å². The van der Waals surface area contributed by atoms with Gasteiger partial charge in [-0.05, 0) is 36.3 Å². The van der Waals surface area contributed by atoms with Crippen LogP contribution in [0.15, 0.2) is 0 Å². The second kappa shape index (κ2) is 10.8. The Bertz CT molecular complexity index is 131. The molecule has 0 bridgehead atoms. The van der Waals surface area contributed by atoms with E-state index in [2.05, 4.69) is 26.1 Å². The summed E-state index contributed by atoms with van der Waals surface area (Å²) >= 11 is 2.05. The summed E-state index contributed by atoms with van der Waals surface area (Å²) in [7, 11) is 1.75. The zero-order chi connectivity index (χ0) is 11.5. The van der Waals surface area contributed by atoms with E-state index in [1.807, 2.05) is 11.8 Å². The Morgan fingerprint density at radius 3 is 2.60 bits per heavy atom. The maximum Gasteiger partial charge on any atom is 0.0587 e. The standard InChI is InChI=1S/C12H27NOS/c1-5-15-9-6-12(11(2)3)10-13-7-8-14-4/h11-13H,5-10H2,1-4H3. The van der Waals surface area contributed by atoms with Gasteiger partial charge in [0, 0.05) is 13.7 Å². The van der Waals surface area contributed by atoms with Crippen molar-refractivity contribution in [1.29, 1.82) is 0 Å². The first kappa shape index (κ1) is 15.3. The molecule has 0 amide bonds. The van der Waals surface area contributed by atoms with E-state index >= 15 is 0 Å². The number of methoxy groups -OCH3 is 1. The molecule has 0 heterocycles. The van der Waals surface area contributed by atoms with Crippen molar-refractivity contribution in [3.05, 3.63) is 0 Å². The Kier molecular flexibility index (Phi) is 11.0. The van der Waals surface area contributed by atoms with E-state index in [1.165, 1.54) is 17.9 Å². The van der Waals surface area contributed by atoms with Crippen molar-refractivity contribution in [2.75, 3.05) is 38.3 Å². The van der Waals surface area contributed by atoms with Gasteiger partial charge in [0.2, 0.25) is 0 Å². The molecule has 0 spiro atoms.